The fourth-order valence-electron chi connectivity index (χ4n) is 1.95. The van der Waals surface area contributed by atoms with E-state index in [1.807, 2.05) is 38.1 Å². The highest BCUT2D eigenvalue weighted by Crippen LogP contribution is 2.06. The monoisotopic (exact) mass is 299 g/mol. The summed E-state index contributed by atoms with van der Waals surface area (Å²) in [5, 5.41) is 0. The average molecular weight is 299 g/mol. The molecular weight excluding hydrogens is 274 g/mol. The standard InChI is InChI=1S/C14H25N3O2S/c1-3-11-17(12-4-2)20(18,19)16-10-9-13-5-7-14(15)8-6-13/h5-8,16H,3-4,9-12,15H2,1-2H3. The van der Waals surface area contributed by atoms with Crippen molar-refractivity contribution in [2.24, 2.45) is 0 Å². The van der Waals surface area contributed by atoms with Crippen LogP contribution in [0, 0.1) is 0 Å². The second-order valence-corrected chi connectivity index (χ2v) is 6.55. The Labute approximate surface area is 122 Å². The summed E-state index contributed by atoms with van der Waals surface area (Å²) < 4.78 is 28.5. The van der Waals surface area contributed by atoms with Crippen LogP contribution in [0.1, 0.15) is 32.3 Å². The van der Waals surface area contributed by atoms with Gasteiger partial charge in [-0.15, -0.1) is 0 Å². The first-order valence-corrected chi connectivity index (χ1v) is 8.52. The van der Waals surface area contributed by atoms with Gasteiger partial charge < -0.3 is 5.73 Å². The van der Waals surface area contributed by atoms with Crippen molar-refractivity contribution in [3.8, 4) is 0 Å². The minimum atomic E-state index is -3.37. The van der Waals surface area contributed by atoms with Crippen LogP contribution in [-0.2, 0) is 16.6 Å². The van der Waals surface area contributed by atoms with Crippen LogP contribution in [0.15, 0.2) is 24.3 Å². The van der Waals surface area contributed by atoms with E-state index >= 15 is 0 Å². The number of benzene rings is 1. The van der Waals surface area contributed by atoms with Crippen molar-refractivity contribution >= 4 is 15.9 Å². The van der Waals surface area contributed by atoms with Crippen molar-refractivity contribution < 1.29 is 8.42 Å². The van der Waals surface area contributed by atoms with E-state index in [2.05, 4.69) is 4.72 Å². The van der Waals surface area contributed by atoms with Gasteiger partial charge in [-0.05, 0) is 37.0 Å². The van der Waals surface area contributed by atoms with E-state index in [0.717, 1.165) is 18.4 Å². The Bertz CT molecular complexity index is 480. The molecule has 1 aromatic carbocycles. The summed E-state index contributed by atoms with van der Waals surface area (Å²) in [6, 6.07) is 7.48. The van der Waals surface area contributed by atoms with Gasteiger partial charge in [0.15, 0.2) is 0 Å². The molecule has 20 heavy (non-hydrogen) atoms. The molecule has 1 aromatic rings. The normalized spacial score (nSPS) is 11.9. The molecule has 0 unspecified atom stereocenters. The molecule has 0 saturated heterocycles. The lowest BCUT2D eigenvalue weighted by Gasteiger charge is -2.21. The Balaban J connectivity index is 2.51. The van der Waals surface area contributed by atoms with Gasteiger partial charge in [-0.2, -0.15) is 12.7 Å². The Morgan fingerprint density at radius 3 is 2.15 bits per heavy atom. The minimum absolute atomic E-state index is 0.399. The Morgan fingerprint density at radius 1 is 1.10 bits per heavy atom. The third-order valence-electron chi connectivity index (χ3n) is 2.96. The van der Waals surface area contributed by atoms with Crippen molar-refractivity contribution in [3.63, 3.8) is 0 Å². The molecule has 3 N–H and O–H groups in total. The topological polar surface area (TPSA) is 75.4 Å². The molecule has 0 aliphatic carbocycles. The molecule has 5 nitrogen and oxygen atoms in total. The van der Waals surface area contributed by atoms with Gasteiger partial charge in [0.25, 0.3) is 10.2 Å². The molecule has 0 saturated carbocycles. The van der Waals surface area contributed by atoms with Crippen LogP contribution in [0.3, 0.4) is 0 Å². The highest BCUT2D eigenvalue weighted by atomic mass is 32.2. The van der Waals surface area contributed by atoms with E-state index in [9.17, 15) is 8.42 Å². The Morgan fingerprint density at radius 2 is 1.65 bits per heavy atom. The SMILES string of the molecule is CCCN(CCC)S(=O)(=O)NCCc1ccc(N)cc1. The van der Waals surface area contributed by atoms with Gasteiger partial charge in [0.2, 0.25) is 0 Å². The van der Waals surface area contributed by atoms with Gasteiger partial charge in [-0.3, -0.25) is 0 Å². The Hall–Kier alpha value is -1.11. The zero-order valence-corrected chi connectivity index (χ0v) is 13.1. The number of nitrogens with one attached hydrogen (secondary N) is 1. The summed E-state index contributed by atoms with van der Waals surface area (Å²) in [5.41, 5.74) is 7.40. The minimum Gasteiger partial charge on any atom is -0.399 e. The molecule has 0 atom stereocenters. The van der Waals surface area contributed by atoms with Gasteiger partial charge in [0.05, 0.1) is 0 Å². The van der Waals surface area contributed by atoms with Crippen LogP contribution in [0.25, 0.3) is 0 Å². The lowest BCUT2D eigenvalue weighted by molar-refractivity contribution is 0.402. The summed E-state index contributed by atoms with van der Waals surface area (Å²) in [6.07, 6.45) is 2.29. The van der Waals surface area contributed by atoms with Gasteiger partial charge in [0, 0.05) is 25.3 Å². The molecule has 0 fully saturated rings. The Kier molecular flexibility index (Phi) is 6.98. The van der Waals surface area contributed by atoms with E-state index in [1.165, 1.54) is 4.31 Å². The van der Waals surface area contributed by atoms with Crippen LogP contribution in [-0.4, -0.2) is 32.4 Å². The molecule has 0 bridgehead atoms. The maximum Gasteiger partial charge on any atom is 0.279 e. The predicted octanol–water partition coefficient (Wildman–Crippen LogP) is 1.77. The number of anilines is 1. The highest BCUT2D eigenvalue weighted by Gasteiger charge is 2.19. The largest absolute Gasteiger partial charge is 0.399 e. The fourth-order valence-corrected chi connectivity index (χ4v) is 3.34. The molecule has 6 heteroatoms. The van der Waals surface area contributed by atoms with E-state index in [4.69, 9.17) is 5.73 Å². The van der Waals surface area contributed by atoms with Crippen molar-refractivity contribution in [1.29, 1.82) is 0 Å². The molecule has 0 spiro atoms. The smallest absolute Gasteiger partial charge is 0.279 e. The van der Waals surface area contributed by atoms with Crippen LogP contribution in [0.2, 0.25) is 0 Å². The zero-order valence-electron chi connectivity index (χ0n) is 12.3. The van der Waals surface area contributed by atoms with Gasteiger partial charge in [-0.1, -0.05) is 26.0 Å². The first-order chi connectivity index (χ1) is 9.49. The highest BCUT2D eigenvalue weighted by molar-refractivity contribution is 7.87. The van der Waals surface area contributed by atoms with Gasteiger partial charge in [0.1, 0.15) is 0 Å². The lowest BCUT2D eigenvalue weighted by Crippen LogP contribution is -2.42. The summed E-state index contributed by atoms with van der Waals surface area (Å²) in [5.74, 6) is 0. The fraction of sp³-hybridized carbons (Fsp3) is 0.571. The number of nitrogens with two attached hydrogens (primary N) is 1. The van der Waals surface area contributed by atoms with E-state index < -0.39 is 10.2 Å². The molecule has 0 radical (unpaired) electrons. The third kappa shape index (κ3) is 5.48. The summed E-state index contributed by atoms with van der Waals surface area (Å²) in [7, 11) is -3.37. The first kappa shape index (κ1) is 16.9. The quantitative estimate of drug-likeness (QED) is 0.682. The number of hydrogen-bond acceptors (Lipinski definition) is 3. The van der Waals surface area contributed by atoms with E-state index in [1.54, 1.807) is 0 Å². The third-order valence-corrected chi connectivity index (χ3v) is 4.58. The molecule has 114 valence electrons. The van der Waals surface area contributed by atoms with Gasteiger partial charge >= 0.3 is 0 Å². The van der Waals surface area contributed by atoms with Crippen molar-refractivity contribution in [3.05, 3.63) is 29.8 Å². The molecule has 0 aliphatic rings. The average Bonchev–Trinajstić information content (AvgIpc) is 2.41. The molecule has 0 heterocycles. The maximum atomic E-state index is 12.1. The number of rotatable bonds is 9. The molecule has 0 aliphatic heterocycles. The van der Waals surface area contributed by atoms with E-state index in [0.29, 0.717) is 31.7 Å². The maximum absolute atomic E-state index is 12.1. The predicted molar refractivity (Wildman–Crippen MR) is 83.6 cm³/mol. The van der Waals surface area contributed by atoms with Crippen molar-refractivity contribution in [1.82, 2.24) is 9.03 Å². The molecule has 1 rings (SSSR count). The van der Waals surface area contributed by atoms with E-state index in [-0.39, 0.29) is 0 Å². The first-order valence-electron chi connectivity index (χ1n) is 7.08. The second kappa shape index (κ2) is 8.24. The second-order valence-electron chi connectivity index (χ2n) is 4.79. The van der Waals surface area contributed by atoms with Crippen molar-refractivity contribution in [2.45, 2.75) is 33.1 Å². The summed E-state index contributed by atoms with van der Waals surface area (Å²) >= 11 is 0. The van der Waals surface area contributed by atoms with Crippen LogP contribution in [0.4, 0.5) is 5.69 Å². The lowest BCUT2D eigenvalue weighted by atomic mass is 10.1. The van der Waals surface area contributed by atoms with Crippen LogP contribution >= 0.6 is 0 Å². The van der Waals surface area contributed by atoms with Crippen LogP contribution in [0.5, 0.6) is 0 Å². The summed E-state index contributed by atoms with van der Waals surface area (Å²) in [6.45, 7) is 5.48. The zero-order chi connectivity index (χ0) is 15.0. The molecular formula is C14H25N3O2S. The van der Waals surface area contributed by atoms with Gasteiger partial charge in [-0.25, -0.2) is 4.72 Å². The van der Waals surface area contributed by atoms with Crippen molar-refractivity contribution in [2.75, 3.05) is 25.4 Å². The number of hydrogen-bond donors (Lipinski definition) is 2. The molecule has 0 amide bonds. The summed E-state index contributed by atoms with van der Waals surface area (Å²) in [4.78, 5) is 0. The number of nitrogen functional groups attached to an aromatic ring is 1. The molecule has 0 aromatic heterocycles. The number of nitrogens with zero attached hydrogens (tertiary/aromatic N) is 1. The van der Waals surface area contributed by atoms with Crippen LogP contribution < -0.4 is 10.5 Å².